The molecule has 1 aromatic heterocycles. The molecule has 0 saturated heterocycles. The van der Waals surface area contributed by atoms with Crippen LogP contribution in [0, 0.1) is 5.82 Å². The zero-order valence-corrected chi connectivity index (χ0v) is 13.7. The first-order valence-corrected chi connectivity index (χ1v) is 7.96. The Labute approximate surface area is 145 Å². The van der Waals surface area contributed by atoms with Crippen molar-refractivity contribution < 1.29 is 9.18 Å². The second-order valence-corrected chi connectivity index (χ2v) is 5.66. The summed E-state index contributed by atoms with van der Waals surface area (Å²) in [6.45, 7) is 1.91. The third kappa shape index (κ3) is 4.20. The Balaban J connectivity index is 1.77. The van der Waals surface area contributed by atoms with Gasteiger partial charge in [-0.15, -0.1) is 0 Å². The number of hydrogen-bond acceptors (Lipinski definition) is 3. The van der Waals surface area contributed by atoms with E-state index in [0.29, 0.717) is 16.9 Å². The number of rotatable bonds is 5. The van der Waals surface area contributed by atoms with Crippen LogP contribution in [0.2, 0.25) is 0 Å². The molecule has 5 heteroatoms. The van der Waals surface area contributed by atoms with E-state index in [9.17, 15) is 9.18 Å². The van der Waals surface area contributed by atoms with Gasteiger partial charge in [0.25, 0.3) is 5.91 Å². The van der Waals surface area contributed by atoms with Crippen molar-refractivity contribution in [3.63, 3.8) is 0 Å². The van der Waals surface area contributed by atoms with Gasteiger partial charge in [0.15, 0.2) is 0 Å². The molecule has 0 aliphatic carbocycles. The summed E-state index contributed by atoms with van der Waals surface area (Å²) in [5.41, 5.74) is 2.81. The van der Waals surface area contributed by atoms with Crippen molar-refractivity contribution in [3.05, 3.63) is 90.0 Å². The summed E-state index contributed by atoms with van der Waals surface area (Å²) in [5.74, 6) is -0.497. The van der Waals surface area contributed by atoms with Crippen LogP contribution in [0.5, 0.6) is 0 Å². The SMILES string of the molecule is C[C@H](NC(=O)c1ccccc1Nc1ccc(F)cc1)c1cccnc1. The van der Waals surface area contributed by atoms with E-state index in [-0.39, 0.29) is 17.8 Å². The first-order valence-electron chi connectivity index (χ1n) is 7.96. The molecule has 0 aliphatic rings. The quantitative estimate of drug-likeness (QED) is 0.724. The number of carbonyl (C=O) groups is 1. The molecule has 0 saturated carbocycles. The predicted molar refractivity (Wildman–Crippen MR) is 96.2 cm³/mol. The second-order valence-electron chi connectivity index (χ2n) is 5.66. The lowest BCUT2D eigenvalue weighted by Gasteiger charge is -2.16. The fraction of sp³-hybridized carbons (Fsp3) is 0.100. The van der Waals surface area contributed by atoms with Crippen LogP contribution in [0.3, 0.4) is 0 Å². The molecule has 25 heavy (non-hydrogen) atoms. The Morgan fingerprint density at radius 3 is 2.52 bits per heavy atom. The molecule has 3 rings (SSSR count). The average molecular weight is 335 g/mol. The molecule has 126 valence electrons. The average Bonchev–Trinajstić information content (AvgIpc) is 2.64. The molecule has 0 radical (unpaired) electrons. The number of carbonyl (C=O) groups excluding carboxylic acids is 1. The standard InChI is InChI=1S/C20H18FN3O/c1-14(15-5-4-12-22-13-15)23-20(25)18-6-2-3-7-19(18)24-17-10-8-16(21)9-11-17/h2-14,24H,1H3,(H,23,25)/t14-/m0/s1. The lowest BCUT2D eigenvalue weighted by Crippen LogP contribution is -2.27. The fourth-order valence-corrected chi connectivity index (χ4v) is 2.47. The molecule has 0 unspecified atom stereocenters. The van der Waals surface area contributed by atoms with Crippen LogP contribution in [0.15, 0.2) is 73.1 Å². The van der Waals surface area contributed by atoms with Crippen LogP contribution >= 0.6 is 0 Å². The van der Waals surface area contributed by atoms with Crippen LogP contribution in [0.1, 0.15) is 28.9 Å². The molecule has 4 nitrogen and oxygen atoms in total. The van der Waals surface area contributed by atoms with Crippen molar-refractivity contribution in [1.29, 1.82) is 0 Å². The molecule has 0 bridgehead atoms. The van der Waals surface area contributed by atoms with Gasteiger partial charge in [0.1, 0.15) is 5.82 Å². The number of hydrogen-bond donors (Lipinski definition) is 2. The van der Waals surface area contributed by atoms with Crippen molar-refractivity contribution >= 4 is 17.3 Å². The van der Waals surface area contributed by atoms with Crippen LogP contribution in [-0.4, -0.2) is 10.9 Å². The monoisotopic (exact) mass is 335 g/mol. The highest BCUT2D eigenvalue weighted by Crippen LogP contribution is 2.22. The minimum atomic E-state index is -0.304. The summed E-state index contributed by atoms with van der Waals surface area (Å²) in [7, 11) is 0. The summed E-state index contributed by atoms with van der Waals surface area (Å²) >= 11 is 0. The second kappa shape index (κ2) is 7.57. The van der Waals surface area contributed by atoms with E-state index in [2.05, 4.69) is 15.6 Å². The van der Waals surface area contributed by atoms with E-state index in [1.807, 2.05) is 31.2 Å². The fourth-order valence-electron chi connectivity index (χ4n) is 2.47. The molecule has 1 amide bonds. The minimum absolute atomic E-state index is 0.167. The molecule has 0 fully saturated rings. The van der Waals surface area contributed by atoms with Crippen molar-refractivity contribution in [2.24, 2.45) is 0 Å². The van der Waals surface area contributed by atoms with Crippen molar-refractivity contribution in [2.75, 3.05) is 5.32 Å². The summed E-state index contributed by atoms with van der Waals surface area (Å²) in [6, 6.07) is 16.8. The first kappa shape index (κ1) is 16.6. The maximum absolute atomic E-state index is 13.0. The smallest absolute Gasteiger partial charge is 0.253 e. The highest BCUT2D eigenvalue weighted by molar-refractivity contribution is 6.00. The Morgan fingerprint density at radius 1 is 1.04 bits per heavy atom. The molecular formula is C20H18FN3O. The van der Waals surface area contributed by atoms with Gasteiger partial charge in [0.2, 0.25) is 0 Å². The van der Waals surface area contributed by atoms with E-state index in [0.717, 1.165) is 5.56 Å². The minimum Gasteiger partial charge on any atom is -0.355 e. The number of para-hydroxylation sites is 1. The molecule has 1 heterocycles. The van der Waals surface area contributed by atoms with Gasteiger partial charge in [-0.1, -0.05) is 18.2 Å². The summed E-state index contributed by atoms with van der Waals surface area (Å²) in [4.78, 5) is 16.7. The zero-order valence-electron chi connectivity index (χ0n) is 13.7. The molecule has 0 spiro atoms. The van der Waals surface area contributed by atoms with Gasteiger partial charge < -0.3 is 10.6 Å². The third-order valence-electron chi connectivity index (χ3n) is 3.83. The van der Waals surface area contributed by atoms with E-state index in [1.54, 1.807) is 36.7 Å². The van der Waals surface area contributed by atoms with Gasteiger partial charge in [-0.3, -0.25) is 9.78 Å². The summed E-state index contributed by atoms with van der Waals surface area (Å²) < 4.78 is 13.0. The van der Waals surface area contributed by atoms with Gasteiger partial charge in [-0.2, -0.15) is 0 Å². The Hall–Kier alpha value is -3.21. The van der Waals surface area contributed by atoms with E-state index >= 15 is 0 Å². The Bertz CT molecular complexity index is 850. The number of anilines is 2. The normalized spacial score (nSPS) is 11.6. The van der Waals surface area contributed by atoms with Crippen LogP contribution in [0.25, 0.3) is 0 Å². The van der Waals surface area contributed by atoms with Crippen LogP contribution in [0.4, 0.5) is 15.8 Å². The van der Waals surface area contributed by atoms with Gasteiger partial charge in [-0.25, -0.2) is 4.39 Å². The lowest BCUT2D eigenvalue weighted by atomic mass is 10.1. The Kier molecular flexibility index (Phi) is 5.04. The van der Waals surface area contributed by atoms with E-state index in [4.69, 9.17) is 0 Å². The van der Waals surface area contributed by atoms with Crippen molar-refractivity contribution in [1.82, 2.24) is 10.3 Å². The number of amides is 1. The van der Waals surface area contributed by atoms with Gasteiger partial charge >= 0.3 is 0 Å². The Morgan fingerprint density at radius 2 is 1.80 bits per heavy atom. The first-order chi connectivity index (χ1) is 12.1. The maximum Gasteiger partial charge on any atom is 0.253 e. The summed E-state index contributed by atoms with van der Waals surface area (Å²) in [5, 5.41) is 6.12. The number of nitrogens with zero attached hydrogens (tertiary/aromatic N) is 1. The number of benzene rings is 2. The van der Waals surface area contributed by atoms with Crippen molar-refractivity contribution in [2.45, 2.75) is 13.0 Å². The number of aromatic nitrogens is 1. The zero-order chi connectivity index (χ0) is 17.6. The maximum atomic E-state index is 13.0. The van der Waals surface area contributed by atoms with E-state index in [1.165, 1.54) is 12.1 Å². The number of nitrogens with one attached hydrogen (secondary N) is 2. The topological polar surface area (TPSA) is 54.0 Å². The molecule has 1 atom stereocenters. The molecule has 3 aromatic rings. The van der Waals surface area contributed by atoms with Crippen LogP contribution < -0.4 is 10.6 Å². The number of halogens is 1. The van der Waals surface area contributed by atoms with Crippen molar-refractivity contribution in [3.8, 4) is 0 Å². The highest BCUT2D eigenvalue weighted by Gasteiger charge is 2.15. The molecule has 0 aliphatic heterocycles. The largest absolute Gasteiger partial charge is 0.355 e. The molecule has 2 N–H and O–H groups in total. The summed E-state index contributed by atoms with van der Waals surface area (Å²) in [6.07, 6.45) is 3.42. The van der Waals surface area contributed by atoms with Crippen LogP contribution in [-0.2, 0) is 0 Å². The number of pyridine rings is 1. The van der Waals surface area contributed by atoms with Gasteiger partial charge in [0.05, 0.1) is 17.3 Å². The molecular weight excluding hydrogens is 317 g/mol. The van der Waals surface area contributed by atoms with Gasteiger partial charge in [0, 0.05) is 18.1 Å². The van der Waals surface area contributed by atoms with Gasteiger partial charge in [-0.05, 0) is 55.0 Å². The predicted octanol–water partition coefficient (Wildman–Crippen LogP) is 4.46. The third-order valence-corrected chi connectivity index (χ3v) is 3.83. The van der Waals surface area contributed by atoms with E-state index < -0.39 is 0 Å². The highest BCUT2D eigenvalue weighted by atomic mass is 19.1. The molecule has 2 aromatic carbocycles. The lowest BCUT2D eigenvalue weighted by molar-refractivity contribution is 0.0940.